The van der Waals surface area contributed by atoms with Gasteiger partial charge in [-0.3, -0.25) is 9.59 Å². The molecule has 8 N–H and O–H groups in total. The maximum atomic E-state index is 13.7. The Bertz CT molecular complexity index is 1360. The standard InChI is InChI=1S/C27H31NO11/c1-9-22(31)12(28)6-16(38-9)39-15-8-27(36,10(2)29)7-11-17(15)24(33)21-20(23(11)32)25(34)18-13(30)4-5-14(37-3)19(18)26(21)35/h4-5,9-10,12,15-16,22,29-33,36H,6-8,28H2,1-3H3/t9-,10?,12-,15-,16-,22+,27-/m0/s1. The Kier molecular flexibility index (Phi) is 6.61. The van der Waals surface area contributed by atoms with Crippen LogP contribution in [0.15, 0.2) is 12.1 Å². The molecule has 39 heavy (non-hydrogen) atoms. The van der Waals surface area contributed by atoms with Gasteiger partial charge in [0.2, 0.25) is 11.6 Å². The summed E-state index contributed by atoms with van der Waals surface area (Å²) < 4.78 is 17.0. The molecule has 5 rings (SSSR count). The summed E-state index contributed by atoms with van der Waals surface area (Å²) in [6, 6.07) is 1.78. The molecular weight excluding hydrogens is 514 g/mol. The zero-order chi connectivity index (χ0) is 28.5. The molecule has 1 fully saturated rings. The van der Waals surface area contributed by atoms with Gasteiger partial charge in [-0.25, -0.2) is 0 Å². The number of rotatable bonds is 4. The van der Waals surface area contributed by atoms with Crippen molar-refractivity contribution < 1.29 is 54.4 Å². The SMILES string of the molecule is COc1ccc(O)c2c1C(=O)c1c(O)c3c(c(O)c1C2=O)C[C@@](O)(C(C)O)C[C@@H]3O[C@H]1C[C@H](N)[C@H](O)[C@H](C)O1. The summed E-state index contributed by atoms with van der Waals surface area (Å²) in [7, 11) is 1.28. The number of ether oxygens (including phenoxy) is 3. The molecule has 2 aliphatic carbocycles. The second-order valence-corrected chi connectivity index (χ2v) is 10.5. The number of hydrogen-bond acceptors (Lipinski definition) is 12. The lowest BCUT2D eigenvalue weighted by Gasteiger charge is -2.43. The normalized spacial score (nSPS) is 30.8. The summed E-state index contributed by atoms with van der Waals surface area (Å²) in [5.41, 5.74) is 2.27. The lowest BCUT2D eigenvalue weighted by molar-refractivity contribution is -0.250. The van der Waals surface area contributed by atoms with E-state index in [4.69, 9.17) is 19.9 Å². The Morgan fingerprint density at radius 3 is 2.33 bits per heavy atom. The number of phenolic OH excluding ortho intramolecular Hbond substituents is 3. The molecule has 0 amide bonds. The van der Waals surface area contributed by atoms with Crippen molar-refractivity contribution in [2.75, 3.05) is 7.11 Å². The molecule has 210 valence electrons. The molecule has 1 unspecified atom stereocenters. The fourth-order valence-electron chi connectivity index (χ4n) is 5.80. The zero-order valence-corrected chi connectivity index (χ0v) is 21.5. The minimum Gasteiger partial charge on any atom is -0.507 e. The van der Waals surface area contributed by atoms with E-state index in [1.54, 1.807) is 6.92 Å². The first-order valence-corrected chi connectivity index (χ1v) is 12.6. The second kappa shape index (κ2) is 9.44. The van der Waals surface area contributed by atoms with Crippen LogP contribution in [0.25, 0.3) is 0 Å². The van der Waals surface area contributed by atoms with Gasteiger partial charge in [0, 0.05) is 36.4 Å². The average molecular weight is 546 g/mol. The van der Waals surface area contributed by atoms with Gasteiger partial charge in [0.15, 0.2) is 6.29 Å². The van der Waals surface area contributed by atoms with Crippen molar-refractivity contribution in [1.82, 2.24) is 0 Å². The van der Waals surface area contributed by atoms with Crippen molar-refractivity contribution >= 4 is 11.6 Å². The number of aliphatic hydroxyl groups is 3. The van der Waals surface area contributed by atoms with Crippen LogP contribution in [0.2, 0.25) is 0 Å². The molecule has 0 saturated carbocycles. The number of phenols is 3. The number of methoxy groups -OCH3 is 1. The van der Waals surface area contributed by atoms with Crippen LogP contribution in [0.3, 0.4) is 0 Å². The maximum absolute atomic E-state index is 13.7. The quantitative estimate of drug-likeness (QED) is 0.224. The van der Waals surface area contributed by atoms with Crippen LogP contribution in [0.5, 0.6) is 23.0 Å². The van der Waals surface area contributed by atoms with E-state index < -0.39 is 87.9 Å². The maximum Gasteiger partial charge on any atom is 0.202 e. The highest BCUT2D eigenvalue weighted by Crippen LogP contribution is 2.53. The molecule has 3 aliphatic rings. The number of nitrogens with two attached hydrogens (primary N) is 1. The first kappa shape index (κ1) is 27.3. The third-order valence-electron chi connectivity index (χ3n) is 8.05. The van der Waals surface area contributed by atoms with Gasteiger partial charge in [0.25, 0.3) is 0 Å². The molecule has 0 radical (unpaired) electrons. The summed E-state index contributed by atoms with van der Waals surface area (Å²) >= 11 is 0. The molecule has 0 spiro atoms. The third-order valence-corrected chi connectivity index (χ3v) is 8.05. The smallest absolute Gasteiger partial charge is 0.202 e. The number of benzene rings is 2. The largest absolute Gasteiger partial charge is 0.507 e. The summed E-state index contributed by atoms with van der Waals surface area (Å²) in [6.45, 7) is 2.95. The van der Waals surface area contributed by atoms with Gasteiger partial charge in [-0.15, -0.1) is 0 Å². The fourth-order valence-corrected chi connectivity index (χ4v) is 5.80. The van der Waals surface area contributed by atoms with Gasteiger partial charge < -0.3 is 50.6 Å². The van der Waals surface area contributed by atoms with E-state index in [2.05, 4.69) is 0 Å². The number of hydrogen-bond donors (Lipinski definition) is 7. The summed E-state index contributed by atoms with van der Waals surface area (Å²) in [4.78, 5) is 27.2. The monoisotopic (exact) mass is 545 g/mol. The Morgan fingerprint density at radius 2 is 1.72 bits per heavy atom. The molecule has 0 bridgehead atoms. The molecule has 1 saturated heterocycles. The molecule has 2 aromatic rings. The van der Waals surface area contributed by atoms with Crippen LogP contribution in [-0.2, 0) is 15.9 Å². The van der Waals surface area contributed by atoms with Crippen molar-refractivity contribution in [2.24, 2.45) is 5.73 Å². The Balaban J connectivity index is 1.69. The van der Waals surface area contributed by atoms with Crippen LogP contribution in [-0.4, -0.2) is 85.6 Å². The van der Waals surface area contributed by atoms with Crippen molar-refractivity contribution in [3.63, 3.8) is 0 Å². The van der Waals surface area contributed by atoms with Crippen molar-refractivity contribution in [2.45, 2.75) is 75.5 Å². The minimum atomic E-state index is -1.86. The predicted octanol–water partition coefficient (Wildman–Crippen LogP) is 0.526. The zero-order valence-electron chi connectivity index (χ0n) is 21.5. The van der Waals surface area contributed by atoms with E-state index >= 15 is 0 Å². The fraction of sp³-hybridized carbons (Fsp3) is 0.481. The number of aliphatic hydroxyl groups excluding tert-OH is 2. The highest BCUT2D eigenvalue weighted by Gasteiger charge is 2.49. The first-order valence-electron chi connectivity index (χ1n) is 12.6. The van der Waals surface area contributed by atoms with Crippen molar-refractivity contribution in [3.8, 4) is 23.0 Å². The molecule has 1 heterocycles. The van der Waals surface area contributed by atoms with E-state index in [9.17, 15) is 40.2 Å². The summed E-state index contributed by atoms with van der Waals surface area (Å²) in [5, 5.41) is 65.1. The highest BCUT2D eigenvalue weighted by molar-refractivity contribution is 6.32. The Hall–Kier alpha value is -3.26. The number of aromatic hydroxyl groups is 3. The van der Waals surface area contributed by atoms with Gasteiger partial charge in [-0.2, -0.15) is 0 Å². The molecule has 2 aromatic carbocycles. The van der Waals surface area contributed by atoms with Gasteiger partial charge >= 0.3 is 0 Å². The number of carbonyl (C=O) groups is 2. The lowest BCUT2D eigenvalue weighted by Crippen LogP contribution is -2.53. The minimum absolute atomic E-state index is 0.0168. The number of ketones is 2. The van der Waals surface area contributed by atoms with Gasteiger partial charge in [-0.1, -0.05) is 0 Å². The molecule has 1 aliphatic heterocycles. The molecule has 12 heteroatoms. The second-order valence-electron chi connectivity index (χ2n) is 10.5. The average Bonchev–Trinajstić information content (AvgIpc) is 2.87. The molecular formula is C27H31NO11. The van der Waals surface area contributed by atoms with Gasteiger partial charge in [0.1, 0.15) is 23.0 Å². The van der Waals surface area contributed by atoms with E-state index in [0.717, 1.165) is 0 Å². The molecule has 0 aromatic heterocycles. The van der Waals surface area contributed by atoms with Gasteiger partial charge in [-0.05, 0) is 26.0 Å². The third kappa shape index (κ3) is 4.06. The number of fused-ring (bicyclic) bond motifs is 3. The van der Waals surface area contributed by atoms with E-state index in [-0.39, 0.29) is 41.7 Å². The van der Waals surface area contributed by atoms with Crippen molar-refractivity contribution in [1.29, 1.82) is 0 Å². The Morgan fingerprint density at radius 1 is 1.08 bits per heavy atom. The van der Waals surface area contributed by atoms with Crippen LogP contribution in [0.4, 0.5) is 0 Å². The van der Waals surface area contributed by atoms with Crippen LogP contribution >= 0.6 is 0 Å². The van der Waals surface area contributed by atoms with Gasteiger partial charge in [0.05, 0.1) is 59.4 Å². The van der Waals surface area contributed by atoms with E-state index in [1.165, 1.54) is 26.2 Å². The van der Waals surface area contributed by atoms with E-state index in [1.807, 2.05) is 0 Å². The first-order chi connectivity index (χ1) is 18.3. The van der Waals surface area contributed by atoms with E-state index in [0.29, 0.717) is 0 Å². The van der Waals surface area contributed by atoms with Crippen LogP contribution in [0.1, 0.15) is 75.8 Å². The summed E-state index contributed by atoms with van der Waals surface area (Å²) in [5.74, 6) is -3.68. The molecule has 7 atom stereocenters. The van der Waals surface area contributed by atoms with Crippen molar-refractivity contribution in [3.05, 3.63) is 45.5 Å². The van der Waals surface area contributed by atoms with Crippen LogP contribution in [0, 0.1) is 0 Å². The van der Waals surface area contributed by atoms with Crippen LogP contribution < -0.4 is 10.5 Å². The Labute approximate surface area is 223 Å². The summed E-state index contributed by atoms with van der Waals surface area (Å²) in [6.07, 6.45) is -5.78. The topological polar surface area (TPSA) is 209 Å². The molecule has 12 nitrogen and oxygen atoms in total. The lowest BCUT2D eigenvalue weighted by atomic mass is 9.71. The number of carbonyl (C=O) groups excluding carboxylic acids is 2. The predicted molar refractivity (Wildman–Crippen MR) is 133 cm³/mol. The highest BCUT2D eigenvalue weighted by atomic mass is 16.7.